The Bertz CT molecular complexity index is 1820. The molecule has 1 atom stereocenters. The Kier molecular flexibility index (Phi) is 9.29. The summed E-state index contributed by atoms with van der Waals surface area (Å²) in [6.07, 6.45) is 2.66. The third-order valence-electron chi connectivity index (χ3n) is 7.67. The van der Waals surface area contributed by atoms with Crippen LogP contribution in [0.4, 0.5) is 16.2 Å². The predicted octanol–water partition coefficient (Wildman–Crippen LogP) is 4.67. The zero-order valence-electron chi connectivity index (χ0n) is 24.6. The van der Waals surface area contributed by atoms with E-state index in [1.165, 1.54) is 23.4 Å². The van der Waals surface area contributed by atoms with Gasteiger partial charge in [-0.25, -0.2) is 18.2 Å². The van der Waals surface area contributed by atoms with Crippen LogP contribution in [0.25, 0.3) is 10.9 Å². The largest absolute Gasteiger partial charge is 0.449 e. The van der Waals surface area contributed by atoms with Crippen molar-refractivity contribution in [2.45, 2.75) is 48.8 Å². The normalized spacial score (nSPS) is 13.7. The maximum Gasteiger partial charge on any atom is 0.411 e. The summed E-state index contributed by atoms with van der Waals surface area (Å²) in [5.41, 5.74) is 2.65. The van der Waals surface area contributed by atoms with Crippen LogP contribution >= 0.6 is 0 Å². The molecule has 1 aromatic heterocycles. The Morgan fingerprint density at radius 2 is 1.82 bits per heavy atom. The van der Waals surface area contributed by atoms with Crippen molar-refractivity contribution in [3.05, 3.63) is 94.5 Å². The van der Waals surface area contributed by atoms with Crippen LogP contribution in [0.3, 0.4) is 0 Å². The number of carbonyl (C=O) groups is 2. The fourth-order valence-corrected chi connectivity index (χ4v) is 6.82. The second-order valence-corrected chi connectivity index (χ2v) is 13.1. The highest BCUT2D eigenvalue weighted by atomic mass is 32.2. The minimum atomic E-state index is -3.58. The molecule has 5 rings (SSSR count). The lowest BCUT2D eigenvalue weighted by molar-refractivity contribution is -0.128. The van der Waals surface area contributed by atoms with E-state index >= 15 is 0 Å². The first kappa shape index (κ1) is 30.7. The maximum atomic E-state index is 13.2. The predicted molar refractivity (Wildman–Crippen MR) is 168 cm³/mol. The minimum Gasteiger partial charge on any atom is -0.449 e. The number of nitrogens with one attached hydrogen (secondary N) is 3. The first-order valence-electron chi connectivity index (χ1n) is 14.5. The van der Waals surface area contributed by atoms with Crippen LogP contribution in [0, 0.1) is 0 Å². The lowest BCUT2D eigenvalue weighted by Gasteiger charge is -2.21. The van der Waals surface area contributed by atoms with Crippen molar-refractivity contribution in [3.63, 3.8) is 0 Å². The van der Waals surface area contributed by atoms with E-state index in [-0.39, 0.29) is 42.0 Å². The zero-order valence-corrected chi connectivity index (χ0v) is 25.4. The summed E-state index contributed by atoms with van der Waals surface area (Å²) < 4.78 is 32.0. The van der Waals surface area contributed by atoms with E-state index in [1.807, 2.05) is 37.3 Å². The molecule has 2 amide bonds. The molecule has 44 heavy (non-hydrogen) atoms. The molecule has 0 unspecified atom stereocenters. The van der Waals surface area contributed by atoms with Crippen molar-refractivity contribution < 1.29 is 22.7 Å². The molecule has 230 valence electrons. The summed E-state index contributed by atoms with van der Waals surface area (Å²) in [5, 5.41) is 5.66. The van der Waals surface area contributed by atoms with Gasteiger partial charge in [0.15, 0.2) is 9.84 Å². The molecule has 1 saturated carbocycles. The molecule has 1 aliphatic carbocycles. The van der Waals surface area contributed by atoms with Crippen LogP contribution in [0.5, 0.6) is 0 Å². The molecule has 1 aliphatic rings. The van der Waals surface area contributed by atoms with Gasteiger partial charge in [0.2, 0.25) is 5.91 Å². The van der Waals surface area contributed by atoms with Crippen LogP contribution in [0.1, 0.15) is 43.2 Å². The number of nitrogens with zero attached hydrogens (tertiary/aromatic N) is 2. The van der Waals surface area contributed by atoms with Crippen LogP contribution in [0.15, 0.2) is 82.7 Å². The molecule has 12 heteroatoms. The van der Waals surface area contributed by atoms with Gasteiger partial charge in [0.1, 0.15) is 6.61 Å². The number of likely N-dealkylation sites (N-methyl/N-ethyl adjacent to an activating group) is 1. The molecule has 3 N–H and O–H groups in total. The number of H-pyrrole nitrogens is 1. The van der Waals surface area contributed by atoms with E-state index in [4.69, 9.17) is 4.74 Å². The van der Waals surface area contributed by atoms with Gasteiger partial charge < -0.3 is 19.9 Å². The summed E-state index contributed by atoms with van der Waals surface area (Å²) in [4.78, 5) is 46.0. The quantitative estimate of drug-likeness (QED) is 0.208. The van der Waals surface area contributed by atoms with E-state index in [0.717, 1.165) is 12.0 Å². The number of ether oxygens (including phenoxy) is 1. The molecule has 4 aromatic rings. The van der Waals surface area contributed by atoms with Crippen molar-refractivity contribution in [2.75, 3.05) is 30.8 Å². The van der Waals surface area contributed by atoms with Crippen molar-refractivity contribution in [3.8, 4) is 0 Å². The van der Waals surface area contributed by atoms with Gasteiger partial charge in [-0.15, -0.1) is 0 Å². The molecular weight excluding hydrogens is 582 g/mol. The van der Waals surface area contributed by atoms with Gasteiger partial charge in [-0.3, -0.25) is 14.9 Å². The Labute approximate surface area is 255 Å². The van der Waals surface area contributed by atoms with Gasteiger partial charge in [-0.05, 0) is 66.8 Å². The van der Waals surface area contributed by atoms with Gasteiger partial charge in [-0.1, -0.05) is 37.3 Å². The van der Waals surface area contributed by atoms with E-state index in [1.54, 1.807) is 31.3 Å². The fourth-order valence-electron chi connectivity index (χ4n) is 4.96. The van der Waals surface area contributed by atoms with Crippen molar-refractivity contribution in [1.29, 1.82) is 0 Å². The number of anilines is 2. The van der Waals surface area contributed by atoms with Crippen LogP contribution in [-0.2, 0) is 25.9 Å². The highest BCUT2D eigenvalue weighted by Crippen LogP contribution is 2.36. The highest BCUT2D eigenvalue weighted by molar-refractivity contribution is 7.92. The summed E-state index contributed by atoms with van der Waals surface area (Å²) >= 11 is 0. The van der Waals surface area contributed by atoms with Gasteiger partial charge in [0.25, 0.3) is 5.56 Å². The Morgan fingerprint density at radius 3 is 2.55 bits per heavy atom. The number of benzene rings is 3. The van der Waals surface area contributed by atoms with Crippen molar-refractivity contribution >= 4 is 44.1 Å². The highest BCUT2D eigenvalue weighted by Gasteiger charge is 2.38. The average Bonchev–Trinajstić information content (AvgIpc) is 3.88. The monoisotopic (exact) mass is 617 g/mol. The van der Waals surface area contributed by atoms with Crippen molar-refractivity contribution in [2.24, 2.45) is 0 Å². The molecule has 3 aromatic carbocycles. The fraction of sp³-hybridized carbons (Fsp3) is 0.312. The summed E-state index contributed by atoms with van der Waals surface area (Å²) in [6.45, 7) is 2.13. The number of hydrogen-bond acceptors (Lipinski definition) is 8. The van der Waals surface area contributed by atoms with Crippen LogP contribution in [0.2, 0.25) is 0 Å². The molecule has 0 aliphatic heterocycles. The lowest BCUT2D eigenvalue weighted by atomic mass is 9.98. The van der Waals surface area contributed by atoms with E-state index in [0.29, 0.717) is 40.7 Å². The number of fused-ring (bicyclic) bond motifs is 1. The van der Waals surface area contributed by atoms with E-state index in [9.17, 15) is 22.8 Å². The third kappa shape index (κ3) is 7.25. The van der Waals surface area contributed by atoms with Gasteiger partial charge in [0.05, 0.1) is 33.9 Å². The zero-order chi connectivity index (χ0) is 31.3. The summed E-state index contributed by atoms with van der Waals surface area (Å²) in [7, 11) is -2.01. The molecule has 0 radical (unpaired) electrons. The molecule has 1 fully saturated rings. The Morgan fingerprint density at radius 1 is 1.07 bits per heavy atom. The summed E-state index contributed by atoms with van der Waals surface area (Å²) in [5.74, 6) is -0.256. The number of aromatic nitrogens is 2. The third-order valence-corrected chi connectivity index (χ3v) is 10.0. The van der Waals surface area contributed by atoms with Crippen LogP contribution in [-0.4, -0.2) is 60.7 Å². The number of hydrogen-bond donors (Lipinski definition) is 3. The number of aromatic amines is 1. The number of sulfone groups is 1. The second-order valence-electron chi connectivity index (χ2n) is 10.9. The lowest BCUT2D eigenvalue weighted by Crippen LogP contribution is -2.32. The van der Waals surface area contributed by atoms with E-state index < -0.39 is 21.2 Å². The van der Waals surface area contributed by atoms with Crippen molar-refractivity contribution in [1.82, 2.24) is 14.9 Å². The first-order chi connectivity index (χ1) is 21.2. The Hall–Kier alpha value is -4.71. The molecule has 0 spiro atoms. The number of amides is 2. The second kappa shape index (κ2) is 13.3. The summed E-state index contributed by atoms with van der Waals surface area (Å²) in [6, 6.07) is 19.4. The first-order valence-corrected chi connectivity index (χ1v) is 16.0. The number of rotatable bonds is 12. The molecular formula is C32H35N5O6S. The average molecular weight is 618 g/mol. The smallest absolute Gasteiger partial charge is 0.411 e. The minimum absolute atomic E-state index is 0.000408. The standard InChI is InChI=1S/C32H35N5O6S/c1-3-21(22-7-5-4-6-8-22)19-43-32(40)36-25-10-14-29(44(41,42)26-11-12-26)23(15-25)18-37(2)30(38)17-33-24-9-13-28-27(16-24)31(39)35-20-34-28/h4-10,13-16,20-21,26,33H,3,11-12,17-19H2,1-2H3,(H,36,40)(H,34,35,39)/t21-/m0/s1. The SMILES string of the molecule is CC[C@@H](COC(=O)Nc1ccc(S(=O)(=O)C2CC2)c(CN(C)C(=O)CNc2ccc3nc[nH]c(=O)c3c2)c1)c1ccccc1. The molecule has 0 bridgehead atoms. The van der Waals surface area contributed by atoms with Crippen LogP contribution < -0.4 is 16.2 Å². The molecule has 11 nitrogen and oxygen atoms in total. The van der Waals surface area contributed by atoms with Gasteiger partial charge in [-0.2, -0.15) is 0 Å². The Balaban J connectivity index is 1.26. The maximum absolute atomic E-state index is 13.2. The topological polar surface area (TPSA) is 151 Å². The van der Waals surface area contributed by atoms with Gasteiger partial charge >= 0.3 is 6.09 Å². The molecule has 1 heterocycles. The number of carbonyl (C=O) groups excluding carboxylic acids is 2. The van der Waals surface area contributed by atoms with Gasteiger partial charge in [0, 0.05) is 30.9 Å². The van der Waals surface area contributed by atoms with E-state index in [2.05, 4.69) is 20.6 Å². The molecule has 0 saturated heterocycles.